The summed E-state index contributed by atoms with van der Waals surface area (Å²) in [5.41, 5.74) is 0. The third kappa shape index (κ3) is 3.61. The lowest BCUT2D eigenvalue weighted by atomic mass is 10.0. The molecular formula is C10H15ClN2O4. The number of amides is 2. The predicted molar refractivity (Wildman–Crippen MR) is 61.9 cm³/mol. The molecule has 0 aliphatic carbocycles. The van der Waals surface area contributed by atoms with Gasteiger partial charge in [0.05, 0.1) is 25.8 Å². The Labute approximate surface area is 104 Å². The van der Waals surface area contributed by atoms with Gasteiger partial charge >= 0.3 is 12.0 Å². The lowest BCUT2D eigenvalue weighted by molar-refractivity contribution is -0.142. The van der Waals surface area contributed by atoms with Crippen molar-refractivity contribution in [1.82, 2.24) is 10.2 Å². The first-order valence-corrected chi connectivity index (χ1v) is 5.45. The molecule has 1 saturated heterocycles. The lowest BCUT2D eigenvalue weighted by Crippen LogP contribution is -2.48. The highest BCUT2D eigenvalue weighted by molar-refractivity contribution is 6.29. The summed E-state index contributed by atoms with van der Waals surface area (Å²) in [5, 5.41) is 11.8. The Morgan fingerprint density at radius 2 is 2.24 bits per heavy atom. The van der Waals surface area contributed by atoms with E-state index in [0.29, 0.717) is 5.03 Å². The fourth-order valence-electron chi connectivity index (χ4n) is 1.61. The first-order chi connectivity index (χ1) is 7.93. The fraction of sp³-hybridized carbons (Fsp3) is 0.600. The minimum absolute atomic E-state index is 0.125. The highest BCUT2D eigenvalue weighted by Gasteiger charge is 2.38. The van der Waals surface area contributed by atoms with Crippen LogP contribution in [0, 0.1) is 5.92 Å². The van der Waals surface area contributed by atoms with Crippen molar-refractivity contribution in [2.75, 3.05) is 26.8 Å². The molecular weight excluding hydrogens is 248 g/mol. The summed E-state index contributed by atoms with van der Waals surface area (Å²) in [6, 6.07) is -0.857. The molecule has 0 saturated carbocycles. The Kier molecular flexibility index (Phi) is 4.77. The van der Waals surface area contributed by atoms with Crippen LogP contribution >= 0.6 is 11.6 Å². The van der Waals surface area contributed by atoms with Crippen LogP contribution in [0.1, 0.15) is 0 Å². The van der Waals surface area contributed by atoms with E-state index in [-0.39, 0.29) is 19.8 Å². The van der Waals surface area contributed by atoms with Gasteiger partial charge in [0, 0.05) is 12.1 Å². The van der Waals surface area contributed by atoms with Gasteiger partial charge in [-0.1, -0.05) is 18.2 Å². The minimum atomic E-state index is -0.964. The van der Waals surface area contributed by atoms with Crippen LogP contribution in [0.4, 0.5) is 4.79 Å². The van der Waals surface area contributed by atoms with E-state index in [2.05, 4.69) is 11.9 Å². The van der Waals surface area contributed by atoms with Crippen molar-refractivity contribution in [3.05, 3.63) is 11.6 Å². The molecule has 1 rings (SSSR count). The second-order valence-corrected chi connectivity index (χ2v) is 4.37. The van der Waals surface area contributed by atoms with Gasteiger partial charge in [-0.05, 0) is 0 Å². The Bertz CT molecular complexity index is 334. The number of likely N-dealkylation sites (N-methyl/N-ethyl adjacent to an activating group) is 1. The van der Waals surface area contributed by atoms with Gasteiger partial charge in [0.2, 0.25) is 0 Å². The minimum Gasteiger partial charge on any atom is -0.481 e. The third-order valence-electron chi connectivity index (χ3n) is 2.62. The van der Waals surface area contributed by atoms with Gasteiger partial charge < -0.3 is 20.1 Å². The van der Waals surface area contributed by atoms with E-state index in [4.69, 9.17) is 21.4 Å². The first-order valence-electron chi connectivity index (χ1n) is 5.08. The summed E-state index contributed by atoms with van der Waals surface area (Å²) in [5.74, 6) is -1.65. The number of hydrogen-bond donors (Lipinski definition) is 2. The van der Waals surface area contributed by atoms with Gasteiger partial charge in [-0.2, -0.15) is 0 Å². The molecule has 6 nitrogen and oxygen atoms in total. The van der Waals surface area contributed by atoms with Crippen molar-refractivity contribution in [1.29, 1.82) is 0 Å². The van der Waals surface area contributed by atoms with Crippen LogP contribution in [0.3, 0.4) is 0 Å². The highest BCUT2D eigenvalue weighted by atomic mass is 35.5. The Morgan fingerprint density at radius 3 is 2.76 bits per heavy atom. The molecule has 0 radical (unpaired) electrons. The van der Waals surface area contributed by atoms with Crippen LogP contribution in [0.25, 0.3) is 0 Å². The molecule has 1 aliphatic heterocycles. The van der Waals surface area contributed by atoms with E-state index < -0.39 is 24.0 Å². The molecule has 1 heterocycles. The molecule has 2 unspecified atom stereocenters. The number of hydrogen-bond acceptors (Lipinski definition) is 3. The Hall–Kier alpha value is -1.27. The quantitative estimate of drug-likeness (QED) is 0.772. The topological polar surface area (TPSA) is 78.9 Å². The summed E-state index contributed by atoms with van der Waals surface area (Å²) in [4.78, 5) is 23.9. The average Bonchev–Trinajstić information content (AvgIpc) is 2.73. The zero-order chi connectivity index (χ0) is 13.0. The Balaban J connectivity index is 2.56. The maximum atomic E-state index is 11.7. The monoisotopic (exact) mass is 262 g/mol. The number of urea groups is 1. The van der Waals surface area contributed by atoms with E-state index in [0.717, 1.165) is 0 Å². The SMILES string of the molecule is C=C(Cl)CNC(=O)N(C)C1COCC1C(=O)O. The van der Waals surface area contributed by atoms with E-state index in [1.54, 1.807) is 0 Å². The normalized spacial score (nSPS) is 23.2. The summed E-state index contributed by atoms with van der Waals surface area (Å²) in [6.45, 7) is 3.94. The molecule has 0 spiro atoms. The van der Waals surface area contributed by atoms with Crippen LogP contribution in [-0.4, -0.2) is 54.9 Å². The molecule has 17 heavy (non-hydrogen) atoms. The summed E-state index contributed by atoms with van der Waals surface area (Å²) >= 11 is 5.52. The van der Waals surface area contributed by atoms with Crippen molar-refractivity contribution >= 4 is 23.6 Å². The van der Waals surface area contributed by atoms with Crippen molar-refractivity contribution < 1.29 is 19.4 Å². The van der Waals surface area contributed by atoms with Gasteiger partial charge in [0.1, 0.15) is 5.92 Å². The fourth-order valence-corrected chi connectivity index (χ4v) is 1.67. The molecule has 0 aromatic heterocycles. The number of nitrogens with one attached hydrogen (secondary N) is 1. The number of halogens is 1. The van der Waals surface area contributed by atoms with Gasteiger partial charge in [0.15, 0.2) is 0 Å². The standard InChI is InChI=1S/C10H15ClN2O4/c1-6(11)3-12-10(16)13(2)8-5-17-4-7(8)9(14)15/h7-8H,1,3-5H2,2H3,(H,12,16)(H,14,15). The van der Waals surface area contributed by atoms with Crippen molar-refractivity contribution in [2.45, 2.75) is 6.04 Å². The predicted octanol–water partition coefficient (Wildman–Crippen LogP) is 0.480. The van der Waals surface area contributed by atoms with Gasteiger partial charge in [-0.3, -0.25) is 4.79 Å². The van der Waals surface area contributed by atoms with Crippen LogP contribution in [0.15, 0.2) is 11.6 Å². The summed E-state index contributed by atoms with van der Waals surface area (Å²) in [6.07, 6.45) is 0. The van der Waals surface area contributed by atoms with Crippen molar-refractivity contribution in [3.63, 3.8) is 0 Å². The number of carboxylic acid groups (broad SMARTS) is 1. The first kappa shape index (κ1) is 13.8. The third-order valence-corrected chi connectivity index (χ3v) is 2.75. The molecule has 96 valence electrons. The highest BCUT2D eigenvalue weighted by Crippen LogP contribution is 2.18. The van der Waals surface area contributed by atoms with E-state index in [1.165, 1.54) is 11.9 Å². The zero-order valence-corrected chi connectivity index (χ0v) is 10.2. The second-order valence-electron chi connectivity index (χ2n) is 3.84. The van der Waals surface area contributed by atoms with Crippen molar-refractivity contribution in [3.8, 4) is 0 Å². The maximum absolute atomic E-state index is 11.7. The summed E-state index contributed by atoms with van der Waals surface area (Å²) < 4.78 is 5.08. The van der Waals surface area contributed by atoms with Crippen LogP contribution in [0.5, 0.6) is 0 Å². The van der Waals surface area contributed by atoms with Crippen LogP contribution in [0.2, 0.25) is 0 Å². The van der Waals surface area contributed by atoms with E-state index in [9.17, 15) is 9.59 Å². The average molecular weight is 263 g/mol. The summed E-state index contributed by atoms with van der Waals surface area (Å²) in [7, 11) is 1.53. The lowest BCUT2D eigenvalue weighted by Gasteiger charge is -2.26. The Morgan fingerprint density at radius 1 is 1.59 bits per heavy atom. The second kappa shape index (κ2) is 5.88. The molecule has 0 aromatic rings. The molecule has 2 atom stereocenters. The molecule has 0 bridgehead atoms. The zero-order valence-electron chi connectivity index (χ0n) is 9.48. The number of carbonyl (C=O) groups excluding carboxylic acids is 1. The van der Waals surface area contributed by atoms with Crippen LogP contribution < -0.4 is 5.32 Å². The van der Waals surface area contributed by atoms with Gasteiger partial charge in [-0.15, -0.1) is 0 Å². The molecule has 2 N–H and O–H groups in total. The molecule has 1 fully saturated rings. The smallest absolute Gasteiger partial charge is 0.317 e. The van der Waals surface area contributed by atoms with Gasteiger partial charge in [-0.25, -0.2) is 4.79 Å². The number of rotatable bonds is 4. The van der Waals surface area contributed by atoms with E-state index >= 15 is 0 Å². The largest absolute Gasteiger partial charge is 0.481 e. The van der Waals surface area contributed by atoms with E-state index in [1.807, 2.05) is 0 Å². The molecule has 0 aromatic carbocycles. The number of carbonyl (C=O) groups is 2. The molecule has 1 aliphatic rings. The maximum Gasteiger partial charge on any atom is 0.317 e. The molecule has 7 heteroatoms. The van der Waals surface area contributed by atoms with Gasteiger partial charge in [0.25, 0.3) is 0 Å². The number of aliphatic carboxylic acids is 1. The van der Waals surface area contributed by atoms with Crippen molar-refractivity contribution in [2.24, 2.45) is 5.92 Å². The number of nitrogens with zero attached hydrogens (tertiary/aromatic N) is 1. The molecule has 2 amide bonds. The number of ether oxygens (including phenoxy) is 1. The number of carboxylic acids is 1. The van der Waals surface area contributed by atoms with Crippen LogP contribution in [-0.2, 0) is 9.53 Å².